The highest BCUT2D eigenvalue weighted by atomic mass is 79.9. The van der Waals surface area contributed by atoms with Gasteiger partial charge in [-0.15, -0.1) is 0 Å². The molecule has 94 valence electrons. The van der Waals surface area contributed by atoms with Gasteiger partial charge in [0, 0.05) is 15.4 Å². The zero-order valence-corrected chi connectivity index (χ0v) is 12.0. The topological polar surface area (TPSA) is 32.3 Å². The summed E-state index contributed by atoms with van der Waals surface area (Å²) in [5, 5.41) is 13.4. The summed E-state index contributed by atoms with van der Waals surface area (Å²) in [6.45, 7) is 5.58. The number of nitrogens with one attached hydrogen (secondary N) is 1. The van der Waals surface area contributed by atoms with Crippen molar-refractivity contribution in [2.45, 2.75) is 37.6 Å². The molecule has 0 amide bonds. The van der Waals surface area contributed by atoms with Crippen molar-refractivity contribution in [1.82, 2.24) is 5.32 Å². The highest BCUT2D eigenvalue weighted by Crippen LogP contribution is 2.39. The lowest BCUT2D eigenvalue weighted by Crippen LogP contribution is -2.53. The van der Waals surface area contributed by atoms with Crippen LogP contribution in [0.15, 0.2) is 28.7 Å². The second-order valence-corrected chi connectivity index (χ2v) is 6.60. The van der Waals surface area contributed by atoms with Gasteiger partial charge in [-0.1, -0.05) is 28.1 Å². The molecule has 1 saturated heterocycles. The molecular formula is C14H20BrNO. The number of hydrogen-bond acceptors (Lipinski definition) is 2. The fourth-order valence-corrected chi connectivity index (χ4v) is 3.33. The Labute approximate surface area is 112 Å². The molecule has 2 nitrogen and oxygen atoms in total. The minimum Gasteiger partial charge on any atom is -0.395 e. The van der Waals surface area contributed by atoms with Crippen LogP contribution in [0, 0.1) is 0 Å². The fourth-order valence-electron chi connectivity index (χ4n) is 2.93. The Kier molecular flexibility index (Phi) is 3.62. The number of halogens is 1. The van der Waals surface area contributed by atoms with Crippen molar-refractivity contribution in [3.63, 3.8) is 0 Å². The van der Waals surface area contributed by atoms with Crippen LogP contribution in [0.4, 0.5) is 0 Å². The van der Waals surface area contributed by atoms with Gasteiger partial charge in [0.2, 0.25) is 0 Å². The maximum absolute atomic E-state index is 9.87. The van der Waals surface area contributed by atoms with Crippen LogP contribution in [0.1, 0.15) is 32.3 Å². The van der Waals surface area contributed by atoms with Gasteiger partial charge in [0.25, 0.3) is 0 Å². The largest absolute Gasteiger partial charge is 0.395 e. The Morgan fingerprint density at radius 1 is 1.41 bits per heavy atom. The van der Waals surface area contributed by atoms with E-state index in [0.717, 1.165) is 23.9 Å². The van der Waals surface area contributed by atoms with Crippen molar-refractivity contribution in [2.75, 3.05) is 13.2 Å². The minimum atomic E-state index is -0.0987. The van der Waals surface area contributed by atoms with E-state index in [1.165, 1.54) is 5.56 Å². The predicted molar refractivity (Wildman–Crippen MR) is 74.2 cm³/mol. The Morgan fingerprint density at radius 2 is 2.18 bits per heavy atom. The molecule has 2 rings (SSSR count). The second kappa shape index (κ2) is 4.71. The summed E-state index contributed by atoms with van der Waals surface area (Å²) in [6, 6.07) is 8.34. The molecule has 0 radical (unpaired) electrons. The van der Waals surface area contributed by atoms with Gasteiger partial charge in [0.05, 0.1) is 6.61 Å². The van der Waals surface area contributed by atoms with Crippen LogP contribution in [0.2, 0.25) is 0 Å². The molecule has 1 unspecified atom stereocenters. The predicted octanol–water partition coefficient (Wildman–Crippen LogP) is 2.84. The van der Waals surface area contributed by atoms with E-state index in [1.807, 2.05) is 12.1 Å². The Morgan fingerprint density at radius 3 is 2.76 bits per heavy atom. The van der Waals surface area contributed by atoms with Crippen LogP contribution in [0.25, 0.3) is 0 Å². The number of hydrogen-bond donors (Lipinski definition) is 2. The minimum absolute atomic E-state index is 0.0866. The molecule has 1 fully saturated rings. The number of aliphatic hydroxyl groups excluding tert-OH is 1. The van der Waals surface area contributed by atoms with E-state index in [-0.39, 0.29) is 17.6 Å². The van der Waals surface area contributed by atoms with E-state index in [0.29, 0.717) is 0 Å². The first-order chi connectivity index (χ1) is 7.97. The molecule has 3 heteroatoms. The summed E-state index contributed by atoms with van der Waals surface area (Å²) in [5.41, 5.74) is 1.23. The van der Waals surface area contributed by atoms with Crippen LogP contribution in [-0.4, -0.2) is 23.8 Å². The average Bonchev–Trinajstić information content (AvgIpc) is 2.27. The first-order valence-corrected chi connectivity index (χ1v) is 6.89. The zero-order valence-electron chi connectivity index (χ0n) is 10.5. The molecule has 1 aromatic carbocycles. The first kappa shape index (κ1) is 13.1. The average molecular weight is 298 g/mol. The summed E-state index contributed by atoms with van der Waals surface area (Å²) >= 11 is 3.51. The molecule has 0 aliphatic carbocycles. The molecule has 2 N–H and O–H groups in total. The third kappa shape index (κ3) is 2.72. The van der Waals surface area contributed by atoms with Gasteiger partial charge in [-0.2, -0.15) is 0 Å². The standard InChI is InChI=1S/C14H20BrNO/c1-13(2)9-14(10-17,6-7-16-13)11-4-3-5-12(15)8-11/h3-5,8,16-17H,6-7,9-10H2,1-2H3. The SMILES string of the molecule is CC1(C)CC(CO)(c2cccc(Br)c2)CCN1. The maximum atomic E-state index is 9.87. The Balaban J connectivity index is 2.37. The van der Waals surface area contributed by atoms with Crippen molar-refractivity contribution in [2.24, 2.45) is 0 Å². The quantitative estimate of drug-likeness (QED) is 0.880. The lowest BCUT2D eigenvalue weighted by atomic mass is 9.68. The van der Waals surface area contributed by atoms with Gasteiger partial charge < -0.3 is 10.4 Å². The molecule has 0 aromatic heterocycles. The van der Waals surface area contributed by atoms with Gasteiger partial charge in [0.1, 0.15) is 0 Å². The number of benzene rings is 1. The molecule has 1 heterocycles. The Hall–Kier alpha value is -0.380. The van der Waals surface area contributed by atoms with Gasteiger partial charge in [-0.05, 0) is 50.9 Å². The third-order valence-electron chi connectivity index (χ3n) is 3.73. The van der Waals surface area contributed by atoms with E-state index in [2.05, 4.69) is 47.2 Å². The maximum Gasteiger partial charge on any atom is 0.0529 e. The summed E-state index contributed by atoms with van der Waals surface area (Å²) in [6.07, 6.45) is 1.95. The van der Waals surface area contributed by atoms with E-state index in [4.69, 9.17) is 0 Å². The summed E-state index contributed by atoms with van der Waals surface area (Å²) in [7, 11) is 0. The monoisotopic (exact) mass is 297 g/mol. The Bertz CT molecular complexity index is 405. The van der Waals surface area contributed by atoms with E-state index in [1.54, 1.807) is 0 Å². The highest BCUT2D eigenvalue weighted by Gasteiger charge is 2.40. The van der Waals surface area contributed by atoms with Crippen molar-refractivity contribution in [3.05, 3.63) is 34.3 Å². The summed E-state index contributed by atoms with van der Waals surface area (Å²) < 4.78 is 1.08. The smallest absolute Gasteiger partial charge is 0.0529 e. The van der Waals surface area contributed by atoms with Crippen molar-refractivity contribution >= 4 is 15.9 Å². The number of rotatable bonds is 2. The highest BCUT2D eigenvalue weighted by molar-refractivity contribution is 9.10. The summed E-state index contributed by atoms with van der Waals surface area (Å²) in [4.78, 5) is 0. The van der Waals surface area contributed by atoms with Gasteiger partial charge in [0.15, 0.2) is 0 Å². The van der Waals surface area contributed by atoms with Crippen molar-refractivity contribution in [3.8, 4) is 0 Å². The molecule has 1 aromatic rings. The fraction of sp³-hybridized carbons (Fsp3) is 0.571. The molecule has 0 bridgehead atoms. The van der Waals surface area contributed by atoms with Crippen LogP contribution in [0.5, 0.6) is 0 Å². The van der Waals surface area contributed by atoms with Gasteiger partial charge in [-0.3, -0.25) is 0 Å². The normalized spacial score (nSPS) is 28.0. The lowest BCUT2D eigenvalue weighted by molar-refractivity contribution is 0.112. The van der Waals surface area contributed by atoms with Crippen molar-refractivity contribution < 1.29 is 5.11 Å². The summed E-state index contributed by atoms with van der Waals surface area (Å²) in [5.74, 6) is 0. The number of piperidine rings is 1. The van der Waals surface area contributed by atoms with Crippen molar-refractivity contribution in [1.29, 1.82) is 0 Å². The number of aliphatic hydroxyl groups is 1. The molecule has 1 aliphatic rings. The van der Waals surface area contributed by atoms with E-state index < -0.39 is 0 Å². The molecule has 0 spiro atoms. The van der Waals surface area contributed by atoms with Crippen LogP contribution in [-0.2, 0) is 5.41 Å². The molecule has 1 atom stereocenters. The second-order valence-electron chi connectivity index (χ2n) is 5.69. The molecular weight excluding hydrogens is 278 g/mol. The van der Waals surface area contributed by atoms with Crippen LogP contribution >= 0.6 is 15.9 Å². The molecule has 1 aliphatic heterocycles. The molecule has 17 heavy (non-hydrogen) atoms. The van der Waals surface area contributed by atoms with Crippen LogP contribution in [0.3, 0.4) is 0 Å². The lowest BCUT2D eigenvalue weighted by Gasteiger charge is -2.45. The molecule has 0 saturated carbocycles. The van der Waals surface area contributed by atoms with E-state index >= 15 is 0 Å². The van der Waals surface area contributed by atoms with E-state index in [9.17, 15) is 5.11 Å². The first-order valence-electron chi connectivity index (χ1n) is 6.09. The van der Waals surface area contributed by atoms with Gasteiger partial charge >= 0.3 is 0 Å². The van der Waals surface area contributed by atoms with Crippen LogP contribution < -0.4 is 5.32 Å². The third-order valence-corrected chi connectivity index (χ3v) is 4.22. The zero-order chi connectivity index (χ0) is 12.5. The van der Waals surface area contributed by atoms with Gasteiger partial charge in [-0.25, -0.2) is 0 Å².